The normalized spacial score (nSPS) is 12.6. The molecule has 1 aromatic heterocycles. The average Bonchev–Trinajstić information content (AvgIpc) is 2.86. The molecular formula is C15H22BrN3OS2. The molecule has 0 radical (unpaired) electrons. The fraction of sp³-hybridized carbons (Fsp3) is 0.467. The third-order valence-corrected chi connectivity index (χ3v) is 5.56. The predicted octanol–water partition coefficient (Wildman–Crippen LogP) is 4.10. The monoisotopic (exact) mass is 403 g/mol. The Bertz CT molecular complexity index is 608. The minimum Gasteiger partial charge on any atom is -0.358 e. The van der Waals surface area contributed by atoms with Crippen LogP contribution in [0.5, 0.6) is 0 Å². The van der Waals surface area contributed by atoms with Gasteiger partial charge in [0.1, 0.15) is 6.73 Å². The zero-order valence-corrected chi connectivity index (χ0v) is 16.6. The molecule has 2 rings (SSSR count). The lowest BCUT2D eigenvalue weighted by Crippen LogP contribution is -2.11. The van der Waals surface area contributed by atoms with Crippen molar-refractivity contribution in [2.45, 2.75) is 11.9 Å². The van der Waals surface area contributed by atoms with E-state index in [2.05, 4.69) is 44.8 Å². The van der Waals surface area contributed by atoms with Crippen molar-refractivity contribution in [1.29, 1.82) is 0 Å². The van der Waals surface area contributed by atoms with Crippen molar-refractivity contribution in [3.8, 4) is 11.4 Å². The topological polar surface area (TPSA) is 39.9 Å². The molecular weight excluding hydrogens is 382 g/mol. The summed E-state index contributed by atoms with van der Waals surface area (Å²) in [5, 5.41) is 5.44. The molecule has 0 aliphatic carbocycles. The van der Waals surface area contributed by atoms with E-state index < -0.39 is 10.0 Å². The number of nitrogens with zero attached hydrogens (tertiary/aromatic N) is 3. The molecule has 0 amide bonds. The van der Waals surface area contributed by atoms with Gasteiger partial charge in [-0.1, -0.05) is 39.8 Å². The Balaban J connectivity index is 2.04. The zero-order chi connectivity index (χ0) is 16.2. The fourth-order valence-electron chi connectivity index (χ4n) is 1.74. The Morgan fingerprint density at radius 2 is 1.91 bits per heavy atom. The van der Waals surface area contributed by atoms with Crippen molar-refractivity contribution in [3.05, 3.63) is 28.7 Å². The van der Waals surface area contributed by atoms with Crippen molar-refractivity contribution in [1.82, 2.24) is 14.8 Å². The first kappa shape index (κ1) is 17.8. The van der Waals surface area contributed by atoms with Gasteiger partial charge in [-0.2, -0.15) is 0 Å². The maximum Gasteiger partial charge on any atom is 0.188 e. The van der Waals surface area contributed by atoms with Crippen LogP contribution >= 0.6 is 37.7 Å². The van der Waals surface area contributed by atoms with E-state index >= 15 is 0 Å². The fourth-order valence-corrected chi connectivity index (χ4v) is 3.11. The van der Waals surface area contributed by atoms with Crippen LogP contribution in [0.25, 0.3) is 11.4 Å². The van der Waals surface area contributed by atoms with Gasteiger partial charge in [-0.05, 0) is 37.2 Å². The van der Waals surface area contributed by atoms with Crippen LogP contribution < -0.4 is 0 Å². The van der Waals surface area contributed by atoms with Gasteiger partial charge >= 0.3 is 0 Å². The van der Waals surface area contributed by atoms with Gasteiger partial charge in [0.05, 0.1) is 6.61 Å². The van der Waals surface area contributed by atoms with Crippen LogP contribution in [0, 0.1) is 0 Å². The summed E-state index contributed by atoms with van der Waals surface area (Å²) in [5.74, 6) is 1.84. The van der Waals surface area contributed by atoms with Gasteiger partial charge in [-0.25, -0.2) is 19.7 Å². The van der Waals surface area contributed by atoms with Crippen LogP contribution in [0.4, 0.5) is 0 Å². The average molecular weight is 404 g/mol. The minimum absolute atomic E-state index is 0.454. The number of thioether (sulfide) groups is 1. The Morgan fingerprint density at radius 3 is 2.50 bits per heavy atom. The highest BCUT2D eigenvalue weighted by Gasteiger charge is 2.11. The standard InChI is InChI=1S/C15H22BrN3OS2/c1-21-15-17-14(12-5-7-13(16)8-6-12)18-19(15)11-20-9-10-22(2,3)4/h5-8H,9-11H2,1-4H3. The van der Waals surface area contributed by atoms with E-state index in [1.807, 2.05) is 35.2 Å². The Morgan fingerprint density at radius 1 is 1.23 bits per heavy atom. The molecule has 4 nitrogen and oxygen atoms in total. The molecule has 0 fully saturated rings. The molecule has 0 saturated carbocycles. The summed E-state index contributed by atoms with van der Waals surface area (Å²) in [6.07, 6.45) is 8.89. The number of benzene rings is 1. The first-order valence-corrected chi connectivity index (χ1v) is 11.9. The molecule has 0 saturated heterocycles. The van der Waals surface area contributed by atoms with Gasteiger partial charge in [-0.15, -0.1) is 5.10 Å². The van der Waals surface area contributed by atoms with Crippen molar-refractivity contribution in [2.75, 3.05) is 37.4 Å². The second kappa shape index (κ2) is 7.86. The molecule has 1 aromatic carbocycles. The third kappa shape index (κ3) is 5.30. The maximum atomic E-state index is 5.77. The zero-order valence-electron chi connectivity index (χ0n) is 13.4. The molecule has 122 valence electrons. The van der Waals surface area contributed by atoms with Gasteiger partial charge in [0.15, 0.2) is 11.0 Å². The second-order valence-corrected chi connectivity index (χ2v) is 12.0. The lowest BCUT2D eigenvalue weighted by atomic mass is 10.2. The number of hydrogen-bond donors (Lipinski definition) is 0. The van der Waals surface area contributed by atoms with Gasteiger partial charge in [-0.3, -0.25) is 0 Å². The lowest BCUT2D eigenvalue weighted by Gasteiger charge is -2.24. The molecule has 0 unspecified atom stereocenters. The predicted molar refractivity (Wildman–Crippen MR) is 101 cm³/mol. The molecule has 0 spiro atoms. The quantitative estimate of drug-likeness (QED) is 0.515. The van der Waals surface area contributed by atoms with Crippen LogP contribution in [0.3, 0.4) is 0 Å². The van der Waals surface area contributed by atoms with E-state index in [9.17, 15) is 0 Å². The summed E-state index contributed by atoms with van der Waals surface area (Å²) in [6, 6.07) is 8.02. The molecule has 22 heavy (non-hydrogen) atoms. The molecule has 0 aliphatic rings. The van der Waals surface area contributed by atoms with E-state index in [0.29, 0.717) is 6.73 Å². The van der Waals surface area contributed by atoms with Gasteiger partial charge in [0.2, 0.25) is 0 Å². The summed E-state index contributed by atoms with van der Waals surface area (Å²) in [6.45, 7) is 1.22. The van der Waals surface area contributed by atoms with Crippen molar-refractivity contribution in [2.24, 2.45) is 0 Å². The highest BCUT2D eigenvalue weighted by molar-refractivity contribution is 9.10. The first-order valence-electron chi connectivity index (χ1n) is 6.87. The smallest absolute Gasteiger partial charge is 0.188 e. The van der Waals surface area contributed by atoms with Crippen LogP contribution in [0.1, 0.15) is 0 Å². The van der Waals surface area contributed by atoms with Crippen LogP contribution in [-0.2, 0) is 11.5 Å². The molecule has 2 aromatic rings. The highest BCUT2D eigenvalue weighted by atomic mass is 79.9. The van der Waals surface area contributed by atoms with Crippen molar-refractivity contribution in [3.63, 3.8) is 0 Å². The Kier molecular flexibility index (Phi) is 6.37. The summed E-state index contributed by atoms with van der Waals surface area (Å²) in [4.78, 5) is 4.58. The summed E-state index contributed by atoms with van der Waals surface area (Å²) in [7, 11) is -0.516. The van der Waals surface area contributed by atoms with Crippen LogP contribution in [0.15, 0.2) is 33.9 Å². The molecule has 0 bridgehead atoms. The van der Waals surface area contributed by atoms with E-state index in [4.69, 9.17) is 4.74 Å². The van der Waals surface area contributed by atoms with E-state index in [0.717, 1.165) is 33.4 Å². The van der Waals surface area contributed by atoms with Gasteiger partial charge in [0.25, 0.3) is 0 Å². The maximum absolute atomic E-state index is 5.77. The Labute approximate surface area is 146 Å². The number of hydrogen-bond acceptors (Lipinski definition) is 4. The first-order chi connectivity index (χ1) is 10.4. The van der Waals surface area contributed by atoms with Crippen LogP contribution in [-0.4, -0.2) is 52.1 Å². The molecule has 0 atom stereocenters. The third-order valence-electron chi connectivity index (χ3n) is 2.98. The number of rotatable bonds is 7. The van der Waals surface area contributed by atoms with E-state index in [1.54, 1.807) is 11.8 Å². The molecule has 0 N–H and O–H groups in total. The molecule has 1 heterocycles. The number of ether oxygens (including phenoxy) is 1. The summed E-state index contributed by atoms with van der Waals surface area (Å²) in [5.41, 5.74) is 1.01. The van der Waals surface area contributed by atoms with Crippen molar-refractivity contribution < 1.29 is 4.74 Å². The van der Waals surface area contributed by atoms with Gasteiger partial charge in [0, 0.05) is 15.8 Å². The SMILES string of the molecule is CSc1nc(-c2ccc(Br)cc2)nn1COCCS(C)(C)C. The lowest BCUT2D eigenvalue weighted by molar-refractivity contribution is 0.0743. The minimum atomic E-state index is -0.516. The van der Waals surface area contributed by atoms with Crippen LogP contribution in [0.2, 0.25) is 0 Å². The summed E-state index contributed by atoms with van der Waals surface area (Å²) >= 11 is 5.02. The number of aromatic nitrogens is 3. The number of halogens is 1. The second-order valence-electron chi connectivity index (χ2n) is 5.76. The van der Waals surface area contributed by atoms with Gasteiger partial charge < -0.3 is 4.74 Å². The molecule has 0 aliphatic heterocycles. The van der Waals surface area contributed by atoms with E-state index in [1.165, 1.54) is 0 Å². The highest BCUT2D eigenvalue weighted by Crippen LogP contribution is 2.33. The van der Waals surface area contributed by atoms with Crippen molar-refractivity contribution >= 4 is 37.7 Å². The Hall–Kier alpha value is -0.500. The largest absolute Gasteiger partial charge is 0.358 e. The van der Waals surface area contributed by atoms with E-state index in [-0.39, 0.29) is 0 Å². The summed E-state index contributed by atoms with van der Waals surface area (Å²) < 4.78 is 8.65. The molecule has 7 heteroatoms.